The number of benzene rings is 1. The summed E-state index contributed by atoms with van der Waals surface area (Å²) in [6, 6.07) is 8.41. The highest BCUT2D eigenvalue weighted by molar-refractivity contribution is 5.27. The molecule has 0 unspecified atom stereocenters. The number of hydrogen-bond acceptors (Lipinski definition) is 2. The van der Waals surface area contributed by atoms with Crippen molar-refractivity contribution in [3.8, 4) is 5.75 Å². The van der Waals surface area contributed by atoms with Crippen molar-refractivity contribution in [1.29, 1.82) is 0 Å². The van der Waals surface area contributed by atoms with Gasteiger partial charge in [-0.15, -0.1) is 0 Å². The molecule has 20 heavy (non-hydrogen) atoms. The zero-order valence-corrected chi connectivity index (χ0v) is 12.3. The molecule has 1 heterocycles. The van der Waals surface area contributed by atoms with Crippen molar-refractivity contribution in [2.45, 2.75) is 45.6 Å². The Kier molecular flexibility index (Phi) is 6.15. The number of ether oxygens (including phenoxy) is 1. The lowest BCUT2D eigenvalue weighted by atomic mass is 10.2. The minimum absolute atomic E-state index is 0.816. The van der Waals surface area contributed by atoms with Crippen molar-refractivity contribution in [3.63, 3.8) is 0 Å². The molecule has 0 saturated heterocycles. The van der Waals surface area contributed by atoms with Gasteiger partial charge in [0.1, 0.15) is 5.75 Å². The largest absolute Gasteiger partial charge is 0.494 e. The van der Waals surface area contributed by atoms with Crippen LogP contribution in [0.5, 0.6) is 5.75 Å². The molecular weight excluding hydrogens is 248 g/mol. The first-order valence-corrected chi connectivity index (χ1v) is 7.56. The van der Waals surface area contributed by atoms with E-state index in [0.717, 1.165) is 31.7 Å². The Balaban J connectivity index is 1.50. The number of aromatic nitrogens is 2. The molecule has 2 aromatic rings. The minimum Gasteiger partial charge on any atom is -0.494 e. The summed E-state index contributed by atoms with van der Waals surface area (Å²) in [6.07, 6.45) is 11.6. The van der Waals surface area contributed by atoms with Crippen LogP contribution >= 0.6 is 0 Å². The quantitative estimate of drug-likeness (QED) is 0.643. The average Bonchev–Trinajstić information content (AvgIpc) is 3.00. The van der Waals surface area contributed by atoms with Gasteiger partial charge < -0.3 is 9.30 Å². The molecule has 0 amide bonds. The molecule has 0 aliphatic heterocycles. The predicted octanol–water partition coefficient (Wildman–Crippen LogP) is 4.08. The van der Waals surface area contributed by atoms with Crippen LogP contribution in [-0.2, 0) is 13.0 Å². The standard InChI is InChI=1S/C17H24N2O/c1-2-16-7-9-17(10-8-16)20-14-6-4-3-5-12-19-13-11-18-15-19/h7-11,13,15H,2-6,12,14H2,1H3. The van der Waals surface area contributed by atoms with Crippen LogP contribution in [0.15, 0.2) is 43.0 Å². The van der Waals surface area contributed by atoms with Crippen LogP contribution in [0.3, 0.4) is 0 Å². The Bertz CT molecular complexity index is 462. The zero-order valence-electron chi connectivity index (χ0n) is 12.3. The summed E-state index contributed by atoms with van der Waals surface area (Å²) >= 11 is 0. The lowest BCUT2D eigenvalue weighted by Gasteiger charge is -2.07. The van der Waals surface area contributed by atoms with Gasteiger partial charge in [0.25, 0.3) is 0 Å². The molecule has 0 aliphatic carbocycles. The second-order valence-corrected chi connectivity index (χ2v) is 5.06. The van der Waals surface area contributed by atoms with Gasteiger partial charge >= 0.3 is 0 Å². The fourth-order valence-electron chi connectivity index (χ4n) is 2.18. The van der Waals surface area contributed by atoms with E-state index in [1.165, 1.54) is 24.8 Å². The van der Waals surface area contributed by atoms with E-state index in [1.54, 1.807) is 0 Å². The lowest BCUT2D eigenvalue weighted by Crippen LogP contribution is -1.98. The molecular formula is C17H24N2O. The van der Waals surface area contributed by atoms with E-state index < -0.39 is 0 Å². The number of rotatable bonds is 9. The van der Waals surface area contributed by atoms with Crippen molar-refractivity contribution in [2.75, 3.05) is 6.61 Å². The van der Waals surface area contributed by atoms with Gasteiger partial charge in [0, 0.05) is 18.9 Å². The second kappa shape index (κ2) is 8.41. The molecule has 108 valence electrons. The summed E-state index contributed by atoms with van der Waals surface area (Å²) in [5.41, 5.74) is 1.36. The summed E-state index contributed by atoms with van der Waals surface area (Å²) in [5.74, 6) is 0.987. The summed E-state index contributed by atoms with van der Waals surface area (Å²) < 4.78 is 7.87. The van der Waals surface area contributed by atoms with Gasteiger partial charge in [0.15, 0.2) is 0 Å². The van der Waals surface area contributed by atoms with Crippen LogP contribution in [0.25, 0.3) is 0 Å². The first-order valence-electron chi connectivity index (χ1n) is 7.56. The molecule has 3 nitrogen and oxygen atoms in total. The number of imidazole rings is 1. The molecule has 0 spiro atoms. The normalized spacial score (nSPS) is 10.7. The third-order valence-corrected chi connectivity index (χ3v) is 3.47. The molecule has 2 rings (SSSR count). The van der Waals surface area contributed by atoms with Crippen molar-refractivity contribution in [3.05, 3.63) is 48.5 Å². The second-order valence-electron chi connectivity index (χ2n) is 5.06. The van der Waals surface area contributed by atoms with Crippen LogP contribution in [0.4, 0.5) is 0 Å². The number of nitrogens with zero attached hydrogens (tertiary/aromatic N) is 2. The highest BCUT2D eigenvalue weighted by Gasteiger charge is 1.95. The Labute approximate surface area is 121 Å². The Morgan fingerprint density at radius 1 is 1.05 bits per heavy atom. The van der Waals surface area contributed by atoms with E-state index in [4.69, 9.17) is 4.74 Å². The Morgan fingerprint density at radius 2 is 1.85 bits per heavy atom. The van der Waals surface area contributed by atoms with Gasteiger partial charge in [-0.05, 0) is 37.0 Å². The van der Waals surface area contributed by atoms with E-state index in [2.05, 4.69) is 40.7 Å². The molecule has 0 N–H and O–H groups in total. The van der Waals surface area contributed by atoms with Crippen molar-refractivity contribution >= 4 is 0 Å². The molecule has 0 fully saturated rings. The Hall–Kier alpha value is -1.77. The first-order chi connectivity index (χ1) is 9.88. The molecule has 1 aromatic carbocycles. The van der Waals surface area contributed by atoms with Gasteiger partial charge in [0.2, 0.25) is 0 Å². The SMILES string of the molecule is CCc1ccc(OCCCCCCn2ccnc2)cc1. The maximum absolute atomic E-state index is 5.74. The third-order valence-electron chi connectivity index (χ3n) is 3.47. The zero-order chi connectivity index (χ0) is 14.0. The summed E-state index contributed by atoms with van der Waals surface area (Å²) in [4.78, 5) is 4.04. The lowest BCUT2D eigenvalue weighted by molar-refractivity contribution is 0.304. The molecule has 0 radical (unpaired) electrons. The van der Waals surface area contributed by atoms with E-state index in [9.17, 15) is 0 Å². The van der Waals surface area contributed by atoms with Crippen LogP contribution in [0, 0.1) is 0 Å². The summed E-state index contributed by atoms with van der Waals surface area (Å²) in [5, 5.41) is 0. The fourth-order valence-corrected chi connectivity index (χ4v) is 2.18. The maximum Gasteiger partial charge on any atom is 0.119 e. The maximum atomic E-state index is 5.74. The number of hydrogen-bond donors (Lipinski definition) is 0. The van der Waals surface area contributed by atoms with Crippen LogP contribution in [0.1, 0.15) is 38.2 Å². The highest BCUT2D eigenvalue weighted by Crippen LogP contribution is 2.13. The van der Waals surface area contributed by atoms with Crippen molar-refractivity contribution in [2.24, 2.45) is 0 Å². The van der Waals surface area contributed by atoms with E-state index in [-0.39, 0.29) is 0 Å². The fraction of sp³-hybridized carbons (Fsp3) is 0.471. The van der Waals surface area contributed by atoms with Gasteiger partial charge in [-0.2, -0.15) is 0 Å². The van der Waals surface area contributed by atoms with Gasteiger partial charge in [0.05, 0.1) is 12.9 Å². The van der Waals surface area contributed by atoms with Gasteiger partial charge in [-0.1, -0.05) is 31.9 Å². The summed E-state index contributed by atoms with van der Waals surface area (Å²) in [6.45, 7) is 4.05. The van der Waals surface area contributed by atoms with Crippen molar-refractivity contribution in [1.82, 2.24) is 9.55 Å². The van der Waals surface area contributed by atoms with E-state index >= 15 is 0 Å². The molecule has 3 heteroatoms. The topological polar surface area (TPSA) is 27.1 Å². The van der Waals surface area contributed by atoms with Crippen molar-refractivity contribution < 1.29 is 4.74 Å². The third kappa shape index (κ3) is 5.08. The Morgan fingerprint density at radius 3 is 2.55 bits per heavy atom. The van der Waals surface area contributed by atoms with E-state index in [0.29, 0.717) is 0 Å². The molecule has 0 aliphatic rings. The van der Waals surface area contributed by atoms with Crippen LogP contribution in [-0.4, -0.2) is 16.2 Å². The van der Waals surface area contributed by atoms with Crippen LogP contribution < -0.4 is 4.74 Å². The molecule has 0 saturated carbocycles. The molecule has 1 aromatic heterocycles. The van der Waals surface area contributed by atoms with Gasteiger partial charge in [-0.3, -0.25) is 0 Å². The molecule has 0 atom stereocenters. The van der Waals surface area contributed by atoms with Crippen LogP contribution in [0.2, 0.25) is 0 Å². The number of unbranched alkanes of at least 4 members (excludes halogenated alkanes) is 3. The first kappa shape index (κ1) is 14.6. The summed E-state index contributed by atoms with van der Waals surface area (Å²) in [7, 11) is 0. The van der Waals surface area contributed by atoms with Gasteiger partial charge in [-0.25, -0.2) is 4.98 Å². The predicted molar refractivity (Wildman–Crippen MR) is 82.0 cm³/mol. The number of aryl methyl sites for hydroxylation is 2. The monoisotopic (exact) mass is 272 g/mol. The highest BCUT2D eigenvalue weighted by atomic mass is 16.5. The minimum atomic E-state index is 0.816. The smallest absolute Gasteiger partial charge is 0.119 e. The average molecular weight is 272 g/mol. The van der Waals surface area contributed by atoms with E-state index in [1.807, 2.05) is 18.7 Å². The molecule has 0 bridgehead atoms.